The number of nitrogens with one attached hydrogen (secondary N) is 2. The fraction of sp³-hybridized carbons (Fsp3) is 0.222. The minimum Gasteiger partial charge on any atom is -0.372 e. The lowest BCUT2D eigenvalue weighted by Gasteiger charge is -2.24. The van der Waals surface area contributed by atoms with Crippen molar-refractivity contribution in [3.05, 3.63) is 24.0 Å². The number of rotatable bonds is 0. The van der Waals surface area contributed by atoms with Crippen LogP contribution in [-0.4, -0.2) is 11.9 Å². The molecule has 2 N–H and O–H groups in total. The van der Waals surface area contributed by atoms with E-state index >= 15 is 0 Å². The van der Waals surface area contributed by atoms with Crippen molar-refractivity contribution >= 4 is 17.3 Å². The summed E-state index contributed by atoms with van der Waals surface area (Å²) >= 11 is 0. The van der Waals surface area contributed by atoms with Gasteiger partial charge in [-0.1, -0.05) is 6.07 Å². The molecule has 1 heterocycles. The summed E-state index contributed by atoms with van der Waals surface area (Å²) in [7, 11) is 0. The van der Waals surface area contributed by atoms with Crippen LogP contribution in [0.3, 0.4) is 0 Å². The van der Waals surface area contributed by atoms with Gasteiger partial charge >= 0.3 is 0 Å². The number of benzene rings is 1. The highest BCUT2D eigenvalue weighted by molar-refractivity contribution is 6.02. The molecule has 1 aliphatic heterocycles. The van der Waals surface area contributed by atoms with Gasteiger partial charge in [0.15, 0.2) is 0 Å². The molecule has 0 fully saturated rings. The topological polar surface area (TPSA) is 41.1 Å². The first-order valence-corrected chi connectivity index (χ1v) is 4.04. The van der Waals surface area contributed by atoms with E-state index in [0.29, 0.717) is 5.69 Å². The Hall–Kier alpha value is -1.58. The molecular formula is C9H9FN2O. The number of carbonyl (C=O) groups is 1. The number of hydrogen-bond acceptors (Lipinski definition) is 2. The van der Waals surface area contributed by atoms with E-state index in [-0.39, 0.29) is 17.6 Å². The van der Waals surface area contributed by atoms with Crippen LogP contribution in [0.5, 0.6) is 0 Å². The third-order valence-electron chi connectivity index (χ3n) is 2.03. The van der Waals surface area contributed by atoms with Crippen LogP contribution in [-0.2, 0) is 4.79 Å². The molecule has 0 aromatic heterocycles. The van der Waals surface area contributed by atoms with Gasteiger partial charge in [0.25, 0.3) is 0 Å². The van der Waals surface area contributed by atoms with Crippen LogP contribution in [0.15, 0.2) is 18.2 Å². The lowest BCUT2D eigenvalue weighted by Crippen LogP contribution is -2.36. The van der Waals surface area contributed by atoms with Crippen molar-refractivity contribution in [2.24, 2.45) is 0 Å². The van der Waals surface area contributed by atoms with Crippen LogP contribution >= 0.6 is 0 Å². The van der Waals surface area contributed by atoms with Gasteiger partial charge in [0.2, 0.25) is 5.91 Å². The second-order valence-electron chi connectivity index (χ2n) is 3.02. The van der Waals surface area contributed by atoms with Gasteiger partial charge in [-0.05, 0) is 19.1 Å². The molecule has 1 aliphatic rings. The minimum atomic E-state index is -0.412. The summed E-state index contributed by atoms with van der Waals surface area (Å²) in [6.45, 7) is 1.73. The third-order valence-corrected chi connectivity index (χ3v) is 2.03. The lowest BCUT2D eigenvalue weighted by molar-refractivity contribution is -0.116. The molecule has 1 atom stereocenters. The molecule has 0 saturated heterocycles. The average Bonchev–Trinajstić information content (AvgIpc) is 2.09. The van der Waals surface area contributed by atoms with Gasteiger partial charge in [0, 0.05) is 0 Å². The van der Waals surface area contributed by atoms with E-state index in [1.165, 1.54) is 6.07 Å². The van der Waals surface area contributed by atoms with Crippen molar-refractivity contribution in [1.29, 1.82) is 0 Å². The molecule has 0 aliphatic carbocycles. The molecule has 68 valence electrons. The van der Waals surface area contributed by atoms with Gasteiger partial charge < -0.3 is 10.6 Å². The summed E-state index contributed by atoms with van der Waals surface area (Å²) in [5, 5.41) is 5.40. The highest BCUT2D eigenvalue weighted by Gasteiger charge is 2.22. The number of para-hydroxylation sites is 1. The number of halogens is 1. The maximum absolute atomic E-state index is 13.1. The van der Waals surface area contributed by atoms with Crippen molar-refractivity contribution in [2.75, 3.05) is 10.6 Å². The summed E-state index contributed by atoms with van der Waals surface area (Å²) in [5.74, 6) is -0.622. The van der Waals surface area contributed by atoms with Crippen LogP contribution in [0.2, 0.25) is 0 Å². The van der Waals surface area contributed by atoms with Gasteiger partial charge in [-0.25, -0.2) is 4.39 Å². The van der Waals surface area contributed by atoms with Crippen LogP contribution in [0, 0.1) is 5.82 Å². The monoisotopic (exact) mass is 180 g/mol. The SMILES string of the molecule is C[C@@H]1Nc2cccc(F)c2NC1=O. The van der Waals surface area contributed by atoms with Gasteiger partial charge in [0.05, 0.1) is 5.69 Å². The van der Waals surface area contributed by atoms with Crippen LogP contribution < -0.4 is 10.6 Å². The fourth-order valence-electron chi connectivity index (χ4n) is 1.30. The van der Waals surface area contributed by atoms with Crippen molar-refractivity contribution in [3.63, 3.8) is 0 Å². The van der Waals surface area contributed by atoms with Crippen molar-refractivity contribution in [3.8, 4) is 0 Å². The molecule has 1 aromatic rings. The van der Waals surface area contributed by atoms with E-state index in [4.69, 9.17) is 0 Å². The molecule has 1 amide bonds. The smallest absolute Gasteiger partial charge is 0.246 e. The third kappa shape index (κ3) is 1.24. The molecule has 0 unspecified atom stereocenters. The molecule has 0 saturated carbocycles. The average molecular weight is 180 g/mol. The molecule has 0 radical (unpaired) electrons. The first kappa shape index (κ1) is 8.04. The molecule has 0 bridgehead atoms. The normalized spacial score (nSPS) is 20.2. The standard InChI is InChI=1S/C9H9FN2O/c1-5-9(13)12-8-6(10)3-2-4-7(8)11-5/h2-5,11H,1H3,(H,12,13)/t5-/m0/s1. The predicted octanol–water partition coefficient (Wildman–Crippen LogP) is 1.58. The maximum Gasteiger partial charge on any atom is 0.246 e. The van der Waals surface area contributed by atoms with E-state index < -0.39 is 5.82 Å². The Balaban J connectivity index is 2.48. The zero-order valence-electron chi connectivity index (χ0n) is 7.10. The lowest BCUT2D eigenvalue weighted by atomic mass is 10.1. The molecule has 1 aromatic carbocycles. The van der Waals surface area contributed by atoms with Crippen molar-refractivity contribution < 1.29 is 9.18 Å². The van der Waals surface area contributed by atoms with E-state index in [0.717, 1.165) is 0 Å². The summed E-state index contributed by atoms with van der Waals surface area (Å²) in [4.78, 5) is 11.2. The minimum absolute atomic E-state index is 0.211. The highest BCUT2D eigenvalue weighted by Crippen LogP contribution is 2.28. The number of amides is 1. The van der Waals surface area contributed by atoms with Crippen LogP contribution in [0.25, 0.3) is 0 Å². The fourth-order valence-corrected chi connectivity index (χ4v) is 1.30. The van der Waals surface area contributed by atoms with Crippen molar-refractivity contribution in [2.45, 2.75) is 13.0 Å². The summed E-state index contributed by atoms with van der Waals surface area (Å²) in [5.41, 5.74) is 0.873. The zero-order chi connectivity index (χ0) is 9.42. The maximum atomic E-state index is 13.1. The second kappa shape index (κ2) is 2.73. The molecule has 2 rings (SSSR count). The number of carbonyl (C=O) groups excluding carboxylic acids is 1. The summed E-state index contributed by atoms with van der Waals surface area (Å²) in [6, 6.07) is 4.34. The predicted molar refractivity (Wildman–Crippen MR) is 48.1 cm³/mol. The molecule has 0 spiro atoms. The van der Waals surface area contributed by atoms with Gasteiger partial charge in [-0.15, -0.1) is 0 Å². The Kier molecular flexibility index (Phi) is 1.69. The van der Waals surface area contributed by atoms with E-state index in [9.17, 15) is 9.18 Å². The number of fused-ring (bicyclic) bond motifs is 1. The highest BCUT2D eigenvalue weighted by atomic mass is 19.1. The number of hydrogen-bond donors (Lipinski definition) is 2. The summed E-state index contributed by atoms with van der Waals surface area (Å²) in [6.07, 6.45) is 0. The Morgan fingerprint density at radius 1 is 1.46 bits per heavy atom. The Morgan fingerprint density at radius 3 is 3.00 bits per heavy atom. The molecular weight excluding hydrogens is 171 g/mol. The van der Waals surface area contributed by atoms with E-state index in [1.807, 2.05) is 0 Å². The largest absolute Gasteiger partial charge is 0.372 e. The summed E-state index contributed by atoms with van der Waals surface area (Å²) < 4.78 is 13.1. The Morgan fingerprint density at radius 2 is 2.23 bits per heavy atom. The quantitative estimate of drug-likeness (QED) is 0.636. The van der Waals surface area contributed by atoms with E-state index in [1.54, 1.807) is 19.1 Å². The Labute approximate surface area is 74.9 Å². The zero-order valence-corrected chi connectivity index (χ0v) is 7.10. The van der Waals surface area contributed by atoms with Gasteiger partial charge in [-0.3, -0.25) is 4.79 Å². The molecule has 13 heavy (non-hydrogen) atoms. The first-order chi connectivity index (χ1) is 6.18. The Bertz CT molecular complexity index is 365. The van der Waals surface area contributed by atoms with Crippen LogP contribution in [0.4, 0.5) is 15.8 Å². The number of anilines is 2. The van der Waals surface area contributed by atoms with Gasteiger partial charge in [-0.2, -0.15) is 0 Å². The molecule has 4 heteroatoms. The van der Waals surface area contributed by atoms with Crippen molar-refractivity contribution in [1.82, 2.24) is 0 Å². The molecule has 3 nitrogen and oxygen atoms in total. The van der Waals surface area contributed by atoms with Crippen LogP contribution in [0.1, 0.15) is 6.92 Å². The second-order valence-corrected chi connectivity index (χ2v) is 3.02. The first-order valence-electron chi connectivity index (χ1n) is 4.04. The van der Waals surface area contributed by atoms with Gasteiger partial charge in [0.1, 0.15) is 17.5 Å². The van der Waals surface area contributed by atoms with E-state index in [2.05, 4.69) is 10.6 Å².